The van der Waals surface area contributed by atoms with Gasteiger partial charge in [0.05, 0.1) is 17.3 Å². The predicted octanol–water partition coefficient (Wildman–Crippen LogP) is 8.54. The van der Waals surface area contributed by atoms with E-state index in [1.807, 2.05) is 95.4 Å². The van der Waals surface area contributed by atoms with Crippen LogP contribution in [0.2, 0.25) is 0 Å². The Balaban J connectivity index is 1.54. The van der Waals surface area contributed by atoms with Gasteiger partial charge in [-0.15, -0.1) is 0 Å². The molecular weight excluding hydrogens is 588 g/mol. The van der Waals surface area contributed by atoms with Crippen molar-refractivity contribution >= 4 is 11.8 Å². The summed E-state index contributed by atoms with van der Waals surface area (Å²) >= 11 is 0. The molecule has 6 nitrogen and oxygen atoms in total. The van der Waals surface area contributed by atoms with E-state index in [9.17, 15) is 19.8 Å². The zero-order chi connectivity index (χ0) is 35.4. The molecule has 2 saturated carbocycles. The first-order valence-corrected chi connectivity index (χ1v) is 16.9. The van der Waals surface area contributed by atoms with Crippen molar-refractivity contribution in [3.63, 3.8) is 0 Å². The Bertz CT molecular complexity index is 1440. The molecule has 3 fully saturated rings. The molecular formula is C41H58O6. The second-order valence-electron chi connectivity index (χ2n) is 15.7. The molecule has 0 aromatic heterocycles. The third-order valence-electron chi connectivity index (χ3n) is 10.2. The molecule has 0 spiro atoms. The maximum absolute atomic E-state index is 13.1. The Hall–Kier alpha value is -3.06. The van der Waals surface area contributed by atoms with E-state index in [4.69, 9.17) is 9.47 Å². The van der Waals surface area contributed by atoms with Gasteiger partial charge in [-0.25, -0.2) is 0 Å². The molecule has 2 N–H and O–H groups in total. The molecule has 1 aliphatic heterocycles. The van der Waals surface area contributed by atoms with E-state index in [1.165, 1.54) is 6.92 Å². The lowest BCUT2D eigenvalue weighted by Crippen LogP contribution is -2.48. The van der Waals surface area contributed by atoms with Gasteiger partial charge in [0.1, 0.15) is 11.7 Å². The topological polar surface area (TPSA) is 96.4 Å². The number of esters is 1. The predicted molar refractivity (Wildman–Crippen MR) is 191 cm³/mol. The Kier molecular flexibility index (Phi) is 11.9. The zero-order valence-electron chi connectivity index (χ0n) is 30.6. The van der Waals surface area contributed by atoms with Crippen LogP contribution < -0.4 is 0 Å². The summed E-state index contributed by atoms with van der Waals surface area (Å²) in [6.07, 6.45) is 23.9. The van der Waals surface area contributed by atoms with Crippen LogP contribution in [0, 0.1) is 10.8 Å². The van der Waals surface area contributed by atoms with Crippen molar-refractivity contribution in [3.8, 4) is 0 Å². The van der Waals surface area contributed by atoms with Crippen LogP contribution in [0.15, 0.2) is 94.7 Å². The fourth-order valence-corrected chi connectivity index (χ4v) is 7.82. The molecule has 0 unspecified atom stereocenters. The number of carbonyl (C=O) groups is 2. The van der Waals surface area contributed by atoms with Crippen molar-refractivity contribution in [2.24, 2.45) is 10.8 Å². The number of epoxide rings is 1. The lowest BCUT2D eigenvalue weighted by molar-refractivity contribution is -0.152. The molecule has 0 aromatic carbocycles. The standard InChI is InChI=1S/C41H58O6/c1-28(18-14-20-30(3)22-36-37(6,7)25-34(46-32(5)42)26-39(36,10)45)16-12-13-17-29(2)19-15-21-31(4)35(44)27-41-38(8,9)23-33(43)24-40(41,11)47-41/h12-22,33-34,43,45H,23-27H2,1-11H3/b13-12+,18-14+,19-15+,28-16+,29-17+,30-20+,31-21+,36-22-/t33-,34-,39+,40+,41-/m0/s1. The lowest BCUT2D eigenvalue weighted by atomic mass is 9.61. The fraction of sp³-hybridized carbons (Fsp3) is 0.561. The Morgan fingerprint density at radius 1 is 0.787 bits per heavy atom. The summed E-state index contributed by atoms with van der Waals surface area (Å²) in [6.45, 7) is 21.5. The smallest absolute Gasteiger partial charge is 0.302 e. The Morgan fingerprint density at radius 2 is 1.34 bits per heavy atom. The highest BCUT2D eigenvalue weighted by Crippen LogP contribution is 2.67. The molecule has 0 radical (unpaired) electrons. The number of carbonyl (C=O) groups excluding carboxylic acids is 2. The molecule has 3 aliphatic rings. The molecule has 0 aromatic rings. The van der Waals surface area contributed by atoms with Gasteiger partial charge in [-0.2, -0.15) is 0 Å². The number of aliphatic hydroxyl groups excluding tert-OH is 1. The van der Waals surface area contributed by atoms with E-state index in [2.05, 4.69) is 33.8 Å². The van der Waals surface area contributed by atoms with E-state index >= 15 is 0 Å². The third-order valence-corrected chi connectivity index (χ3v) is 10.2. The van der Waals surface area contributed by atoms with Gasteiger partial charge in [-0.3, -0.25) is 9.59 Å². The average molecular weight is 647 g/mol. The summed E-state index contributed by atoms with van der Waals surface area (Å²) < 4.78 is 11.6. The summed E-state index contributed by atoms with van der Waals surface area (Å²) in [7, 11) is 0. The molecule has 5 atom stereocenters. The van der Waals surface area contributed by atoms with Crippen molar-refractivity contribution in [2.45, 2.75) is 137 Å². The van der Waals surface area contributed by atoms with Crippen molar-refractivity contribution in [2.75, 3.05) is 0 Å². The zero-order valence-corrected chi connectivity index (χ0v) is 30.6. The van der Waals surface area contributed by atoms with Crippen LogP contribution in [0.25, 0.3) is 0 Å². The van der Waals surface area contributed by atoms with Crippen LogP contribution in [-0.2, 0) is 19.1 Å². The number of aliphatic hydroxyl groups is 2. The Morgan fingerprint density at radius 3 is 1.87 bits per heavy atom. The Labute approximate surface area is 283 Å². The second-order valence-corrected chi connectivity index (χ2v) is 15.7. The van der Waals surface area contributed by atoms with E-state index in [1.54, 1.807) is 6.92 Å². The number of hydrogen-bond acceptors (Lipinski definition) is 6. The number of allylic oxidation sites excluding steroid dienone is 15. The van der Waals surface area contributed by atoms with Crippen LogP contribution in [0.3, 0.4) is 0 Å². The maximum Gasteiger partial charge on any atom is 0.302 e. The fourth-order valence-electron chi connectivity index (χ4n) is 7.82. The highest BCUT2D eigenvalue weighted by molar-refractivity contribution is 5.96. The minimum atomic E-state index is -1.05. The molecule has 1 saturated heterocycles. The third kappa shape index (κ3) is 9.52. The number of hydrogen-bond donors (Lipinski definition) is 2. The van der Waals surface area contributed by atoms with Gasteiger partial charge in [0.25, 0.3) is 0 Å². The number of ketones is 1. The minimum absolute atomic E-state index is 0.0822. The van der Waals surface area contributed by atoms with Crippen molar-refractivity contribution in [3.05, 3.63) is 94.7 Å². The number of Topliss-reactive ketones (excluding diaryl/α,β-unsaturated/α-hetero) is 1. The van der Waals surface area contributed by atoms with Gasteiger partial charge in [0.2, 0.25) is 0 Å². The second kappa shape index (κ2) is 14.6. The molecule has 6 heteroatoms. The van der Waals surface area contributed by atoms with Crippen LogP contribution in [0.4, 0.5) is 0 Å². The highest BCUT2D eigenvalue weighted by atomic mass is 16.6. The van der Waals surface area contributed by atoms with Gasteiger partial charge in [-0.05, 0) is 76.4 Å². The SMILES string of the molecule is CC(=O)O[C@H]1CC(C)(C)/C(=C/C(C)=C/C=C/C(C)=C/C=C/C=C(C)/C=C/C=C(\C)C(=O)C[C@@]23O[C@]2(C)C[C@@H](O)CC3(C)C)[C@](C)(O)C1. The van der Waals surface area contributed by atoms with Crippen LogP contribution >= 0.6 is 0 Å². The van der Waals surface area contributed by atoms with Gasteiger partial charge in [0, 0.05) is 26.2 Å². The summed E-state index contributed by atoms with van der Waals surface area (Å²) in [5.74, 6) is -0.234. The van der Waals surface area contributed by atoms with Crippen LogP contribution in [0.5, 0.6) is 0 Å². The summed E-state index contributed by atoms with van der Waals surface area (Å²) in [5, 5.41) is 21.5. The summed E-state index contributed by atoms with van der Waals surface area (Å²) in [6, 6.07) is 0. The first-order valence-electron chi connectivity index (χ1n) is 16.9. The lowest BCUT2D eigenvalue weighted by Gasteiger charge is -2.46. The van der Waals surface area contributed by atoms with Crippen molar-refractivity contribution < 1.29 is 29.3 Å². The van der Waals surface area contributed by atoms with E-state index < -0.39 is 16.8 Å². The molecule has 2 aliphatic carbocycles. The number of fused-ring (bicyclic) bond motifs is 1. The molecule has 258 valence electrons. The van der Waals surface area contributed by atoms with Gasteiger partial charge < -0.3 is 19.7 Å². The van der Waals surface area contributed by atoms with Crippen LogP contribution in [0.1, 0.15) is 108 Å². The van der Waals surface area contributed by atoms with Crippen molar-refractivity contribution in [1.29, 1.82) is 0 Å². The molecule has 0 amide bonds. The quantitative estimate of drug-likeness (QED) is 0.101. The van der Waals surface area contributed by atoms with Crippen LogP contribution in [-0.4, -0.2) is 51.0 Å². The largest absolute Gasteiger partial charge is 0.462 e. The average Bonchev–Trinajstić information content (AvgIpc) is 3.52. The number of rotatable bonds is 11. The summed E-state index contributed by atoms with van der Waals surface area (Å²) in [5.41, 5.74) is 2.28. The first kappa shape index (κ1) is 38.4. The maximum atomic E-state index is 13.1. The molecule has 47 heavy (non-hydrogen) atoms. The molecule has 3 rings (SSSR count). The monoisotopic (exact) mass is 646 g/mol. The van der Waals surface area contributed by atoms with E-state index in [0.717, 1.165) is 22.3 Å². The molecule has 0 bridgehead atoms. The van der Waals surface area contributed by atoms with Gasteiger partial charge >= 0.3 is 5.97 Å². The summed E-state index contributed by atoms with van der Waals surface area (Å²) in [4.78, 5) is 24.6. The normalized spacial score (nSPS) is 33.9. The minimum Gasteiger partial charge on any atom is -0.462 e. The number of ether oxygens (including phenoxy) is 2. The highest BCUT2D eigenvalue weighted by Gasteiger charge is 2.76. The first-order chi connectivity index (χ1) is 21.6. The van der Waals surface area contributed by atoms with E-state index in [0.29, 0.717) is 37.7 Å². The van der Waals surface area contributed by atoms with Gasteiger partial charge in [0.15, 0.2) is 5.78 Å². The van der Waals surface area contributed by atoms with Crippen molar-refractivity contribution in [1.82, 2.24) is 0 Å². The van der Waals surface area contributed by atoms with Gasteiger partial charge in [-0.1, -0.05) is 111 Å². The van der Waals surface area contributed by atoms with E-state index in [-0.39, 0.29) is 34.8 Å². The molecule has 1 heterocycles.